The lowest BCUT2D eigenvalue weighted by Crippen LogP contribution is -2.10. The number of rotatable bonds is 2. The van der Waals surface area contributed by atoms with Gasteiger partial charge in [0.15, 0.2) is 0 Å². The van der Waals surface area contributed by atoms with Crippen molar-refractivity contribution in [1.82, 2.24) is 14.5 Å². The molecule has 0 unspecified atom stereocenters. The maximum Gasteiger partial charge on any atom is 0.143 e. The van der Waals surface area contributed by atoms with Crippen molar-refractivity contribution in [2.75, 3.05) is 5.73 Å². The number of hydrogen-bond donors (Lipinski definition) is 1. The molecule has 0 saturated heterocycles. The minimum Gasteiger partial charge on any atom is -0.398 e. The van der Waals surface area contributed by atoms with Crippen molar-refractivity contribution in [1.29, 1.82) is 0 Å². The molecule has 0 radical (unpaired) electrons. The number of aryl methyl sites for hydroxylation is 2. The van der Waals surface area contributed by atoms with E-state index in [0.717, 1.165) is 47.4 Å². The van der Waals surface area contributed by atoms with Crippen molar-refractivity contribution in [2.24, 2.45) is 0 Å². The Morgan fingerprint density at radius 1 is 1.07 bits per heavy atom. The van der Waals surface area contributed by atoms with Gasteiger partial charge in [0.2, 0.25) is 0 Å². The Morgan fingerprint density at radius 3 is 2.74 bits per heavy atom. The number of anilines is 1. The second kappa shape index (κ2) is 5.95. The fraction of sp³-hybridized carbons (Fsp3) is 0.217. The van der Waals surface area contributed by atoms with E-state index in [0.29, 0.717) is 0 Å². The molecule has 2 N–H and O–H groups in total. The van der Waals surface area contributed by atoms with Crippen molar-refractivity contribution >= 4 is 16.7 Å². The first-order valence-corrected chi connectivity index (χ1v) is 9.40. The van der Waals surface area contributed by atoms with Gasteiger partial charge in [-0.1, -0.05) is 30.3 Å². The average molecular weight is 354 g/mol. The lowest BCUT2D eigenvalue weighted by molar-refractivity contribution is 0.786. The van der Waals surface area contributed by atoms with Crippen LogP contribution in [0.2, 0.25) is 0 Å². The summed E-state index contributed by atoms with van der Waals surface area (Å²) in [6, 6.07) is 12.6. The van der Waals surface area contributed by atoms with Gasteiger partial charge in [-0.25, -0.2) is 4.98 Å². The molecule has 0 saturated carbocycles. The maximum absolute atomic E-state index is 6.71. The maximum atomic E-state index is 6.71. The molecule has 0 fully saturated rings. The van der Waals surface area contributed by atoms with E-state index in [1.165, 1.54) is 27.9 Å². The summed E-state index contributed by atoms with van der Waals surface area (Å²) in [5.41, 5.74) is 17.0. The largest absolute Gasteiger partial charge is 0.398 e. The van der Waals surface area contributed by atoms with Crippen molar-refractivity contribution in [3.63, 3.8) is 0 Å². The van der Waals surface area contributed by atoms with Crippen LogP contribution in [0.4, 0.5) is 5.69 Å². The smallest absolute Gasteiger partial charge is 0.143 e. The Kier molecular flexibility index (Phi) is 3.54. The van der Waals surface area contributed by atoms with Gasteiger partial charge >= 0.3 is 0 Å². The van der Waals surface area contributed by atoms with Crippen LogP contribution in [0.3, 0.4) is 0 Å². The number of nitrogens with two attached hydrogens (primary N) is 1. The Labute approximate surface area is 158 Å². The molecule has 134 valence electrons. The minimum absolute atomic E-state index is 0.747. The minimum atomic E-state index is 0.747. The highest BCUT2D eigenvalue weighted by molar-refractivity contribution is 5.98. The van der Waals surface area contributed by atoms with E-state index >= 15 is 0 Å². The van der Waals surface area contributed by atoms with E-state index < -0.39 is 0 Å². The Bertz CT molecular complexity index is 1170. The highest BCUT2D eigenvalue weighted by atomic mass is 15.1. The van der Waals surface area contributed by atoms with Gasteiger partial charge in [-0.05, 0) is 49.4 Å². The van der Waals surface area contributed by atoms with Gasteiger partial charge in [-0.3, -0.25) is 4.98 Å². The van der Waals surface area contributed by atoms with Gasteiger partial charge in [0.1, 0.15) is 5.65 Å². The lowest BCUT2D eigenvalue weighted by Gasteiger charge is -2.21. The van der Waals surface area contributed by atoms with Crippen LogP contribution in [0.1, 0.15) is 27.9 Å². The summed E-state index contributed by atoms with van der Waals surface area (Å²) in [5, 5.41) is 1.11. The van der Waals surface area contributed by atoms with Gasteiger partial charge in [0.25, 0.3) is 0 Å². The summed E-state index contributed by atoms with van der Waals surface area (Å²) < 4.78 is 2.27. The van der Waals surface area contributed by atoms with Crippen LogP contribution in [0, 0.1) is 13.8 Å². The molecule has 0 aliphatic heterocycles. The summed E-state index contributed by atoms with van der Waals surface area (Å²) in [4.78, 5) is 9.41. The molecule has 0 atom stereocenters. The normalized spacial score (nSPS) is 12.8. The van der Waals surface area contributed by atoms with Crippen LogP contribution >= 0.6 is 0 Å². The third-order valence-electron chi connectivity index (χ3n) is 5.88. The molecule has 0 spiro atoms. The van der Waals surface area contributed by atoms with E-state index in [-0.39, 0.29) is 0 Å². The summed E-state index contributed by atoms with van der Waals surface area (Å²) in [7, 11) is 0. The third-order valence-corrected chi connectivity index (χ3v) is 5.88. The van der Waals surface area contributed by atoms with Gasteiger partial charge < -0.3 is 10.3 Å². The Hall–Kier alpha value is -3.14. The number of fused-ring (bicyclic) bond motifs is 4. The molecule has 3 aromatic heterocycles. The van der Waals surface area contributed by atoms with E-state index in [4.69, 9.17) is 10.7 Å². The Balaban J connectivity index is 1.79. The first-order chi connectivity index (χ1) is 13.1. The van der Waals surface area contributed by atoms with Gasteiger partial charge in [-0.2, -0.15) is 0 Å². The number of hydrogen-bond acceptors (Lipinski definition) is 3. The molecular formula is C23H22N4. The summed E-state index contributed by atoms with van der Waals surface area (Å²) >= 11 is 0. The van der Waals surface area contributed by atoms with E-state index in [1.807, 2.05) is 12.3 Å². The molecule has 4 aromatic rings. The van der Waals surface area contributed by atoms with Gasteiger partial charge in [0.05, 0.1) is 12.2 Å². The van der Waals surface area contributed by atoms with E-state index in [2.05, 4.69) is 53.7 Å². The molecule has 1 aliphatic rings. The highest BCUT2D eigenvalue weighted by Crippen LogP contribution is 2.40. The fourth-order valence-corrected chi connectivity index (χ4v) is 4.31. The summed E-state index contributed by atoms with van der Waals surface area (Å²) in [6.45, 7) is 5.05. The monoisotopic (exact) mass is 354 g/mol. The molecule has 1 aromatic carbocycles. The average Bonchev–Trinajstić information content (AvgIpc) is 2.94. The molecule has 0 bridgehead atoms. The van der Waals surface area contributed by atoms with Crippen molar-refractivity contribution < 1.29 is 0 Å². The van der Waals surface area contributed by atoms with Crippen LogP contribution in [0.25, 0.3) is 22.3 Å². The molecule has 5 rings (SSSR count). The van der Waals surface area contributed by atoms with Gasteiger partial charge in [0, 0.05) is 40.3 Å². The highest BCUT2D eigenvalue weighted by Gasteiger charge is 2.24. The fourth-order valence-electron chi connectivity index (χ4n) is 4.31. The predicted octanol–water partition coefficient (Wildman–Crippen LogP) is 4.44. The van der Waals surface area contributed by atoms with Crippen molar-refractivity contribution in [3.05, 3.63) is 76.7 Å². The number of pyridine rings is 2. The van der Waals surface area contributed by atoms with Gasteiger partial charge in [-0.15, -0.1) is 0 Å². The number of aromatic nitrogens is 3. The van der Waals surface area contributed by atoms with Crippen molar-refractivity contribution in [3.8, 4) is 11.3 Å². The second-order valence-electron chi connectivity index (χ2n) is 7.37. The first-order valence-electron chi connectivity index (χ1n) is 9.40. The summed E-state index contributed by atoms with van der Waals surface area (Å²) in [6.07, 6.45) is 5.69. The van der Waals surface area contributed by atoms with Crippen LogP contribution in [0.15, 0.2) is 48.8 Å². The molecule has 1 aliphatic carbocycles. The molecule has 4 heteroatoms. The zero-order valence-corrected chi connectivity index (χ0v) is 15.7. The standard InChI is InChI=1S/C23H22N4/c1-14-15(2)27(13-16-6-5-11-25-12-16)23-20(14)21(24)19-10-9-17-7-3-4-8-18(17)22(19)26-23/h3-8,11-12H,9-10,13H2,1-2H3,(H2,24,26). The molecular weight excluding hydrogens is 332 g/mol. The lowest BCUT2D eigenvalue weighted by atomic mass is 9.87. The topological polar surface area (TPSA) is 56.7 Å². The van der Waals surface area contributed by atoms with Crippen LogP contribution in [-0.4, -0.2) is 14.5 Å². The molecule has 0 amide bonds. The number of benzene rings is 1. The first kappa shape index (κ1) is 16.1. The Morgan fingerprint density at radius 2 is 1.93 bits per heavy atom. The molecule has 4 nitrogen and oxygen atoms in total. The predicted molar refractivity (Wildman–Crippen MR) is 110 cm³/mol. The molecule has 27 heavy (non-hydrogen) atoms. The number of nitrogens with zero attached hydrogens (tertiary/aromatic N) is 3. The third kappa shape index (κ3) is 2.36. The SMILES string of the molecule is Cc1c(C)n(Cc2cccnc2)c2nc3c(c(N)c12)CCc1ccccc1-3. The summed E-state index contributed by atoms with van der Waals surface area (Å²) in [5.74, 6) is 0. The van der Waals surface area contributed by atoms with Crippen LogP contribution in [0.5, 0.6) is 0 Å². The van der Waals surface area contributed by atoms with Crippen molar-refractivity contribution in [2.45, 2.75) is 33.2 Å². The second-order valence-corrected chi connectivity index (χ2v) is 7.37. The number of nitrogen functional groups attached to an aromatic ring is 1. The van der Waals surface area contributed by atoms with E-state index in [1.54, 1.807) is 6.20 Å². The quantitative estimate of drug-likeness (QED) is 0.579. The van der Waals surface area contributed by atoms with Crippen LogP contribution in [-0.2, 0) is 19.4 Å². The zero-order valence-electron chi connectivity index (χ0n) is 15.7. The van der Waals surface area contributed by atoms with E-state index in [9.17, 15) is 0 Å². The molecule has 3 heterocycles. The zero-order chi connectivity index (χ0) is 18.5. The van der Waals surface area contributed by atoms with Crippen LogP contribution < -0.4 is 5.73 Å².